The molecule has 13 heteroatoms. The number of amides is 2. The number of nitrogens with one attached hydrogen (secondary N) is 2. The van der Waals surface area contributed by atoms with Gasteiger partial charge in [0.05, 0.1) is 16.9 Å². The van der Waals surface area contributed by atoms with E-state index in [1.165, 1.54) is 6.07 Å². The largest absolute Gasteiger partial charge is 0.478 e. The Morgan fingerprint density at radius 1 is 1.05 bits per heavy atom. The first-order chi connectivity index (χ1) is 19.3. The molecule has 4 rings (SSSR count). The van der Waals surface area contributed by atoms with Gasteiger partial charge in [-0.1, -0.05) is 38.3 Å². The number of aromatic carboxylic acids is 1. The predicted octanol–water partition coefficient (Wildman–Crippen LogP) is 7.78. The third kappa shape index (κ3) is 7.14. The number of carbonyl (C=O) groups is 2. The fourth-order valence-corrected chi connectivity index (χ4v) is 5.00. The number of urea groups is 1. The van der Waals surface area contributed by atoms with Gasteiger partial charge in [0, 0.05) is 29.8 Å². The van der Waals surface area contributed by atoms with Crippen molar-refractivity contribution in [3.8, 4) is 11.1 Å². The molecule has 0 saturated heterocycles. The summed E-state index contributed by atoms with van der Waals surface area (Å²) in [6.45, 7) is 4.46. The molecule has 2 amide bonds. The molecule has 1 aromatic heterocycles. The average Bonchev–Trinajstić information content (AvgIpc) is 3.37. The lowest BCUT2D eigenvalue weighted by Gasteiger charge is -2.38. The van der Waals surface area contributed by atoms with Crippen molar-refractivity contribution in [2.24, 2.45) is 5.92 Å². The van der Waals surface area contributed by atoms with E-state index in [4.69, 9.17) is 0 Å². The van der Waals surface area contributed by atoms with Crippen LogP contribution in [0.1, 0.15) is 62.0 Å². The van der Waals surface area contributed by atoms with Crippen molar-refractivity contribution in [3.63, 3.8) is 0 Å². The Balaban J connectivity index is 1.79. The number of anilines is 3. The number of carboxylic acid groups (broad SMARTS) is 1. The fraction of sp³-hybridized carbons (Fsp3) is 0.393. The normalized spacial score (nSPS) is 14.2. The van der Waals surface area contributed by atoms with Crippen LogP contribution in [0.25, 0.3) is 11.1 Å². The van der Waals surface area contributed by atoms with Crippen LogP contribution in [0, 0.1) is 17.6 Å². The van der Waals surface area contributed by atoms with Gasteiger partial charge in [-0.3, -0.25) is 5.32 Å². The lowest BCUT2D eigenvalue weighted by Crippen LogP contribution is -2.40. The van der Waals surface area contributed by atoms with E-state index in [-0.39, 0.29) is 34.3 Å². The Morgan fingerprint density at radius 2 is 1.76 bits per heavy atom. The second-order valence-electron chi connectivity index (χ2n) is 10.3. The summed E-state index contributed by atoms with van der Waals surface area (Å²) in [7, 11) is 0. The number of carbonyl (C=O) groups excluding carboxylic acids is 1. The maximum absolute atomic E-state index is 15.8. The number of aromatic nitrogens is 1. The Hall–Kier alpha value is -4.16. The first-order valence-electron chi connectivity index (χ1n) is 13.1. The molecule has 0 atom stereocenters. The Kier molecular flexibility index (Phi) is 8.83. The third-order valence-electron chi connectivity index (χ3n) is 6.76. The van der Waals surface area contributed by atoms with Gasteiger partial charge in [-0.2, -0.15) is 13.2 Å². The summed E-state index contributed by atoms with van der Waals surface area (Å²) in [5.41, 5.74) is -1.90. The zero-order valence-corrected chi connectivity index (χ0v) is 22.3. The summed E-state index contributed by atoms with van der Waals surface area (Å²) in [5, 5.41) is 17.2. The minimum Gasteiger partial charge on any atom is -0.478 e. The topological polar surface area (TPSA) is 108 Å². The quantitative estimate of drug-likeness (QED) is 0.235. The van der Waals surface area contributed by atoms with Gasteiger partial charge < -0.3 is 19.8 Å². The van der Waals surface area contributed by atoms with Crippen molar-refractivity contribution in [2.45, 2.75) is 58.2 Å². The predicted molar refractivity (Wildman–Crippen MR) is 142 cm³/mol. The molecule has 3 aromatic rings. The number of rotatable bonds is 8. The van der Waals surface area contributed by atoms with E-state index in [0.29, 0.717) is 18.3 Å². The molecule has 2 aromatic carbocycles. The second kappa shape index (κ2) is 12.1. The van der Waals surface area contributed by atoms with E-state index in [2.05, 4.69) is 20.3 Å². The van der Waals surface area contributed by atoms with Crippen LogP contribution in [0.2, 0.25) is 0 Å². The molecule has 1 saturated carbocycles. The van der Waals surface area contributed by atoms with Crippen molar-refractivity contribution in [1.29, 1.82) is 0 Å². The lowest BCUT2D eigenvalue weighted by molar-refractivity contribution is -0.142. The number of nitrogens with zero attached hydrogens (tertiary/aromatic N) is 2. The van der Waals surface area contributed by atoms with Crippen molar-refractivity contribution in [1.82, 2.24) is 5.16 Å². The van der Waals surface area contributed by atoms with Gasteiger partial charge in [-0.05, 0) is 49.1 Å². The van der Waals surface area contributed by atoms with Gasteiger partial charge in [0.15, 0.2) is 5.69 Å². The van der Waals surface area contributed by atoms with Crippen LogP contribution in [0.15, 0.2) is 40.9 Å². The van der Waals surface area contributed by atoms with Gasteiger partial charge in [0.25, 0.3) is 0 Å². The molecule has 0 unspecified atom stereocenters. The molecule has 0 radical (unpaired) electrons. The molecule has 3 N–H and O–H groups in total. The van der Waals surface area contributed by atoms with Gasteiger partial charge in [-0.15, -0.1) is 0 Å². The van der Waals surface area contributed by atoms with Gasteiger partial charge >= 0.3 is 18.2 Å². The van der Waals surface area contributed by atoms with Crippen molar-refractivity contribution in [2.75, 3.05) is 22.1 Å². The van der Waals surface area contributed by atoms with Crippen LogP contribution in [-0.4, -0.2) is 34.9 Å². The molecule has 1 aliphatic rings. The van der Waals surface area contributed by atoms with Crippen LogP contribution in [0.3, 0.4) is 0 Å². The van der Waals surface area contributed by atoms with E-state index in [1.54, 1.807) is 0 Å². The number of halogens is 5. The number of benzene rings is 2. The summed E-state index contributed by atoms with van der Waals surface area (Å²) in [4.78, 5) is 26.7. The summed E-state index contributed by atoms with van der Waals surface area (Å²) in [5.74, 6) is -3.49. The number of alkyl halides is 3. The van der Waals surface area contributed by atoms with Gasteiger partial charge in [0.2, 0.25) is 5.88 Å². The average molecular weight is 581 g/mol. The van der Waals surface area contributed by atoms with E-state index in [1.807, 2.05) is 18.7 Å². The van der Waals surface area contributed by atoms with Gasteiger partial charge in [0.1, 0.15) is 11.6 Å². The molecule has 1 heterocycles. The molecule has 0 spiro atoms. The minimum absolute atomic E-state index is 0.0207. The summed E-state index contributed by atoms with van der Waals surface area (Å²) >= 11 is 0. The highest BCUT2D eigenvalue weighted by Gasteiger charge is 2.35. The zero-order valence-electron chi connectivity index (χ0n) is 22.3. The third-order valence-corrected chi connectivity index (χ3v) is 6.76. The molecule has 8 nitrogen and oxygen atoms in total. The van der Waals surface area contributed by atoms with E-state index in [0.717, 1.165) is 56.4 Å². The monoisotopic (exact) mass is 580 g/mol. The molecular weight excluding hydrogens is 551 g/mol. The molecule has 1 fully saturated rings. The van der Waals surface area contributed by atoms with Crippen LogP contribution in [-0.2, 0) is 6.18 Å². The highest BCUT2D eigenvalue weighted by atomic mass is 19.4. The number of carboxylic acids is 1. The Morgan fingerprint density at radius 3 is 2.37 bits per heavy atom. The Labute approximate surface area is 232 Å². The maximum atomic E-state index is 15.8. The molecule has 220 valence electrons. The maximum Gasteiger partial charge on any atom is 0.436 e. The molecule has 41 heavy (non-hydrogen) atoms. The summed E-state index contributed by atoms with van der Waals surface area (Å²) in [6.07, 6.45) is -0.159. The first kappa shape index (κ1) is 29.8. The van der Waals surface area contributed by atoms with Crippen LogP contribution in [0.5, 0.6) is 0 Å². The Bertz CT molecular complexity index is 1420. The molecule has 0 bridgehead atoms. The first-order valence-corrected chi connectivity index (χ1v) is 13.1. The zero-order chi connectivity index (χ0) is 29.9. The van der Waals surface area contributed by atoms with Crippen molar-refractivity contribution >= 4 is 29.3 Å². The molecule has 1 aliphatic carbocycles. The van der Waals surface area contributed by atoms with E-state index < -0.39 is 41.4 Å². The van der Waals surface area contributed by atoms with Crippen molar-refractivity contribution < 1.29 is 41.2 Å². The number of hydrogen-bond acceptors (Lipinski definition) is 5. The summed E-state index contributed by atoms with van der Waals surface area (Å²) < 4.78 is 73.2. The lowest BCUT2D eigenvalue weighted by atomic mass is 9.92. The SMILES string of the molecule is CC(C)CN(c1cc(F)c(-c2cc(F)ccc2C(=O)O)cc1NC(=O)Nc1cc(C(F)(F)F)no1)C1CCCCC1. The van der Waals surface area contributed by atoms with Gasteiger partial charge in [-0.25, -0.2) is 18.4 Å². The second-order valence-corrected chi connectivity index (χ2v) is 10.3. The van der Waals surface area contributed by atoms with Crippen LogP contribution >= 0.6 is 0 Å². The standard InChI is InChI=1S/C28H29F5N4O4/c1-15(2)14-37(17-6-4-3-5-7-17)23-12-21(30)20(19-10-16(29)8-9-18(19)26(38)39)11-22(23)34-27(40)35-25-13-24(36-41-25)28(31,32)33/h8-13,15,17H,3-7,14H2,1-2H3,(H,38,39)(H2,34,35,40). The van der Waals surface area contributed by atoms with Crippen LogP contribution < -0.4 is 15.5 Å². The highest BCUT2D eigenvalue weighted by molar-refractivity contribution is 6.03. The van der Waals surface area contributed by atoms with Crippen LogP contribution in [0.4, 0.5) is 44.0 Å². The van der Waals surface area contributed by atoms with Crippen molar-refractivity contribution in [3.05, 3.63) is 59.3 Å². The molecular formula is C28H29F5N4O4. The minimum atomic E-state index is -4.79. The molecule has 0 aliphatic heterocycles. The fourth-order valence-electron chi connectivity index (χ4n) is 5.00. The highest BCUT2D eigenvalue weighted by Crippen LogP contribution is 2.39. The van der Waals surface area contributed by atoms with E-state index >= 15 is 4.39 Å². The number of hydrogen-bond donors (Lipinski definition) is 3. The smallest absolute Gasteiger partial charge is 0.436 e. The summed E-state index contributed by atoms with van der Waals surface area (Å²) in [6, 6.07) is 4.70. The van der Waals surface area contributed by atoms with E-state index in [9.17, 15) is 32.3 Å².